The van der Waals surface area contributed by atoms with E-state index in [2.05, 4.69) is 63.7 Å². The Kier molecular flexibility index (Phi) is 6.99. The summed E-state index contributed by atoms with van der Waals surface area (Å²) in [4.78, 5) is 33.2. The molecule has 37 heavy (non-hydrogen) atoms. The first-order valence-electron chi connectivity index (χ1n) is 12.8. The van der Waals surface area contributed by atoms with Crippen LogP contribution in [0.3, 0.4) is 0 Å². The van der Waals surface area contributed by atoms with E-state index in [1.165, 1.54) is 5.56 Å². The molecular formula is C31H34N4O2. The Morgan fingerprint density at radius 3 is 2.51 bits per heavy atom. The van der Waals surface area contributed by atoms with Gasteiger partial charge in [0.1, 0.15) is 0 Å². The molecule has 0 aliphatic carbocycles. The zero-order valence-corrected chi connectivity index (χ0v) is 21.7. The Morgan fingerprint density at radius 2 is 1.78 bits per heavy atom. The van der Waals surface area contributed by atoms with Crippen molar-refractivity contribution in [2.75, 3.05) is 32.1 Å². The predicted molar refractivity (Wildman–Crippen MR) is 149 cm³/mol. The lowest BCUT2D eigenvalue weighted by atomic mass is 9.90. The molecule has 0 spiro atoms. The molecule has 2 N–H and O–H groups in total. The molecule has 4 aromatic rings. The van der Waals surface area contributed by atoms with Crippen LogP contribution in [0.5, 0.6) is 0 Å². The molecule has 1 aliphatic heterocycles. The molecule has 1 saturated heterocycles. The van der Waals surface area contributed by atoms with Gasteiger partial charge in [-0.3, -0.25) is 9.59 Å². The molecule has 3 aromatic carbocycles. The molecule has 2 heterocycles. The summed E-state index contributed by atoms with van der Waals surface area (Å²) in [6.07, 6.45) is 2.30. The van der Waals surface area contributed by atoms with Gasteiger partial charge < -0.3 is 20.1 Å². The SMILES string of the molecule is Cc1ccc(CN2C[C@@H](C(=O)NC[C@@H](c3ccc(N(C)C)cc3)c3c[nH]c4ccccc34)CC2=O)cc1. The number of benzene rings is 3. The summed E-state index contributed by atoms with van der Waals surface area (Å²) in [5, 5.41) is 4.34. The molecule has 0 unspecified atom stereocenters. The van der Waals surface area contributed by atoms with Gasteiger partial charge in [0.25, 0.3) is 0 Å². The summed E-state index contributed by atoms with van der Waals surface area (Å²) in [5.41, 5.74) is 6.77. The molecular weight excluding hydrogens is 460 g/mol. The zero-order chi connectivity index (χ0) is 25.9. The Bertz CT molecular complexity index is 1390. The molecule has 2 atom stereocenters. The van der Waals surface area contributed by atoms with Crippen LogP contribution < -0.4 is 10.2 Å². The highest BCUT2D eigenvalue weighted by Crippen LogP contribution is 2.32. The lowest BCUT2D eigenvalue weighted by Crippen LogP contribution is -2.35. The molecule has 190 valence electrons. The van der Waals surface area contributed by atoms with Crippen LogP contribution in [0, 0.1) is 12.8 Å². The van der Waals surface area contributed by atoms with Crippen LogP contribution in [0.1, 0.15) is 34.6 Å². The summed E-state index contributed by atoms with van der Waals surface area (Å²) >= 11 is 0. The molecule has 0 saturated carbocycles. The van der Waals surface area contributed by atoms with E-state index in [0.29, 0.717) is 19.6 Å². The number of anilines is 1. The number of aromatic amines is 1. The van der Waals surface area contributed by atoms with Gasteiger partial charge >= 0.3 is 0 Å². The number of fused-ring (bicyclic) bond motifs is 1. The van der Waals surface area contributed by atoms with Gasteiger partial charge in [0, 0.05) is 68.9 Å². The van der Waals surface area contributed by atoms with Crippen molar-refractivity contribution in [3.63, 3.8) is 0 Å². The lowest BCUT2D eigenvalue weighted by molar-refractivity contribution is -0.129. The molecule has 0 radical (unpaired) electrons. The van der Waals surface area contributed by atoms with Crippen molar-refractivity contribution >= 4 is 28.4 Å². The number of rotatable bonds is 8. The van der Waals surface area contributed by atoms with Crippen LogP contribution in [-0.4, -0.2) is 48.9 Å². The summed E-state index contributed by atoms with van der Waals surface area (Å²) in [5.74, 6) is -0.377. The second-order valence-corrected chi connectivity index (χ2v) is 10.2. The number of H-pyrrole nitrogens is 1. The summed E-state index contributed by atoms with van der Waals surface area (Å²) < 4.78 is 0. The van der Waals surface area contributed by atoms with Gasteiger partial charge in [0.2, 0.25) is 11.8 Å². The number of aryl methyl sites for hydroxylation is 1. The Labute approximate surface area is 218 Å². The van der Waals surface area contributed by atoms with Gasteiger partial charge in [-0.1, -0.05) is 60.2 Å². The molecule has 6 heteroatoms. The van der Waals surface area contributed by atoms with Gasteiger partial charge in [-0.25, -0.2) is 0 Å². The predicted octanol–water partition coefficient (Wildman–Crippen LogP) is 4.84. The second kappa shape index (κ2) is 10.5. The maximum Gasteiger partial charge on any atom is 0.225 e. The number of carbonyl (C=O) groups is 2. The first kappa shape index (κ1) is 24.6. The second-order valence-electron chi connectivity index (χ2n) is 10.2. The molecule has 6 nitrogen and oxygen atoms in total. The summed E-state index contributed by atoms with van der Waals surface area (Å²) in [7, 11) is 4.05. The highest BCUT2D eigenvalue weighted by Gasteiger charge is 2.34. The smallest absolute Gasteiger partial charge is 0.225 e. The van der Waals surface area contributed by atoms with Gasteiger partial charge in [0.15, 0.2) is 0 Å². The Hall–Kier alpha value is -4.06. The molecule has 0 bridgehead atoms. The third-order valence-electron chi connectivity index (χ3n) is 7.37. The van der Waals surface area contributed by atoms with Crippen molar-refractivity contribution in [2.45, 2.75) is 25.8 Å². The molecule has 5 rings (SSSR count). The minimum atomic E-state index is -0.335. The normalized spacial score (nSPS) is 16.2. The minimum absolute atomic E-state index is 0.0166. The highest BCUT2D eigenvalue weighted by molar-refractivity contribution is 5.89. The maximum absolute atomic E-state index is 13.2. The quantitative estimate of drug-likeness (QED) is 0.368. The van der Waals surface area contributed by atoms with Crippen LogP contribution in [0.2, 0.25) is 0 Å². The summed E-state index contributed by atoms with van der Waals surface area (Å²) in [6.45, 7) is 3.50. The number of amides is 2. The van der Waals surface area contributed by atoms with E-state index in [9.17, 15) is 9.59 Å². The van der Waals surface area contributed by atoms with E-state index in [4.69, 9.17) is 0 Å². The average Bonchev–Trinajstić information content (AvgIpc) is 3.49. The fraction of sp³-hybridized carbons (Fsp3) is 0.290. The molecule has 1 fully saturated rings. The standard InChI is InChI=1S/C31H34N4O2/c1-21-8-10-22(11-9-21)19-35-20-24(16-30(35)36)31(37)33-17-27(23-12-14-25(15-13-23)34(2)3)28-18-32-29-7-5-4-6-26(28)29/h4-15,18,24,27,32H,16-17,19-20H2,1-3H3,(H,33,37)/t24-,27-/m0/s1. The average molecular weight is 495 g/mol. The van der Waals surface area contributed by atoms with Crippen molar-refractivity contribution in [3.8, 4) is 0 Å². The zero-order valence-electron chi connectivity index (χ0n) is 21.7. The highest BCUT2D eigenvalue weighted by atomic mass is 16.2. The molecule has 1 aromatic heterocycles. The van der Waals surface area contributed by atoms with E-state index in [1.54, 1.807) is 4.90 Å². The number of hydrogen-bond acceptors (Lipinski definition) is 3. The number of nitrogens with one attached hydrogen (secondary N) is 2. The van der Waals surface area contributed by atoms with Crippen LogP contribution in [0.15, 0.2) is 79.0 Å². The van der Waals surface area contributed by atoms with Gasteiger partial charge in [-0.15, -0.1) is 0 Å². The number of para-hydroxylation sites is 1. The molecule has 2 amide bonds. The first-order valence-corrected chi connectivity index (χ1v) is 12.8. The lowest BCUT2D eigenvalue weighted by Gasteiger charge is -2.21. The number of likely N-dealkylation sites (tertiary alicyclic amines) is 1. The fourth-order valence-corrected chi connectivity index (χ4v) is 5.16. The van der Waals surface area contributed by atoms with E-state index in [0.717, 1.165) is 33.3 Å². The largest absolute Gasteiger partial charge is 0.378 e. The van der Waals surface area contributed by atoms with E-state index < -0.39 is 0 Å². The van der Waals surface area contributed by atoms with Crippen LogP contribution in [-0.2, 0) is 16.1 Å². The third-order valence-corrected chi connectivity index (χ3v) is 7.37. The van der Waals surface area contributed by atoms with Gasteiger partial charge in [-0.05, 0) is 41.8 Å². The monoisotopic (exact) mass is 494 g/mol. The topological polar surface area (TPSA) is 68.4 Å². The number of carbonyl (C=O) groups excluding carboxylic acids is 2. The van der Waals surface area contributed by atoms with Crippen molar-refractivity contribution in [1.82, 2.24) is 15.2 Å². The van der Waals surface area contributed by atoms with Crippen LogP contribution in [0.25, 0.3) is 10.9 Å². The number of nitrogens with zero attached hydrogens (tertiary/aromatic N) is 2. The van der Waals surface area contributed by atoms with Crippen molar-refractivity contribution in [2.24, 2.45) is 5.92 Å². The third kappa shape index (κ3) is 5.38. The first-order chi connectivity index (χ1) is 17.9. The van der Waals surface area contributed by atoms with Gasteiger partial charge in [0.05, 0.1) is 5.92 Å². The summed E-state index contributed by atoms with van der Waals surface area (Å²) in [6, 6.07) is 24.9. The van der Waals surface area contributed by atoms with Crippen LogP contribution >= 0.6 is 0 Å². The number of aromatic nitrogens is 1. The van der Waals surface area contributed by atoms with Crippen molar-refractivity contribution < 1.29 is 9.59 Å². The Balaban J connectivity index is 1.31. The van der Waals surface area contributed by atoms with E-state index in [1.807, 2.05) is 51.5 Å². The van der Waals surface area contributed by atoms with E-state index in [-0.39, 0.29) is 30.1 Å². The fourth-order valence-electron chi connectivity index (χ4n) is 5.16. The Morgan fingerprint density at radius 1 is 1.05 bits per heavy atom. The van der Waals surface area contributed by atoms with E-state index >= 15 is 0 Å². The van der Waals surface area contributed by atoms with Gasteiger partial charge in [-0.2, -0.15) is 0 Å². The van der Waals surface area contributed by atoms with Crippen LogP contribution in [0.4, 0.5) is 5.69 Å². The van der Waals surface area contributed by atoms with Crippen molar-refractivity contribution in [1.29, 1.82) is 0 Å². The molecule has 1 aliphatic rings. The minimum Gasteiger partial charge on any atom is -0.378 e. The maximum atomic E-state index is 13.2. The number of hydrogen-bond donors (Lipinski definition) is 2. The van der Waals surface area contributed by atoms with Crippen molar-refractivity contribution in [3.05, 3.63) is 101 Å².